The topological polar surface area (TPSA) is 135 Å². The number of halogens is 1. The van der Waals surface area contributed by atoms with E-state index in [1.54, 1.807) is 42.5 Å². The minimum atomic E-state index is -4.11. The van der Waals surface area contributed by atoms with Crippen molar-refractivity contribution in [3.63, 3.8) is 0 Å². The van der Waals surface area contributed by atoms with Crippen molar-refractivity contribution in [1.82, 2.24) is 5.43 Å². The van der Waals surface area contributed by atoms with Crippen LogP contribution in [0, 0.1) is 24.0 Å². The van der Waals surface area contributed by atoms with Gasteiger partial charge in [-0.3, -0.25) is 19.2 Å². The molecule has 10 nitrogen and oxygen atoms in total. The lowest BCUT2D eigenvalue weighted by Gasteiger charge is -2.24. The average molecular weight is 567 g/mol. The Labute approximate surface area is 229 Å². The molecule has 0 radical (unpaired) electrons. The number of aryl methyl sites for hydroxylation is 2. The van der Waals surface area contributed by atoms with Gasteiger partial charge in [0.05, 0.1) is 21.7 Å². The van der Waals surface area contributed by atoms with Crippen molar-refractivity contribution >= 4 is 45.1 Å². The van der Waals surface area contributed by atoms with Gasteiger partial charge in [-0.1, -0.05) is 29.8 Å². The standard InChI is InChI=1S/C27H23ClN4O6S/c1-18-6-9-22(14-19(18)2)31(39(36,37)25-11-7-21(28)8-12-25)17-27(33)30-29-16-24-10-13-26(38-24)20-4-3-5-23(15-20)32(34)35/h3-16H,17H2,1-2H3,(H,30,33)/b29-16-. The van der Waals surface area contributed by atoms with Crippen LogP contribution >= 0.6 is 11.6 Å². The van der Waals surface area contributed by atoms with Crippen LogP contribution in [0.25, 0.3) is 11.3 Å². The molecule has 0 fully saturated rings. The Bertz CT molecular complexity index is 1670. The highest BCUT2D eigenvalue weighted by atomic mass is 35.5. The summed E-state index contributed by atoms with van der Waals surface area (Å²) in [5, 5.41) is 15.3. The number of non-ortho nitro benzene ring substituents is 1. The van der Waals surface area contributed by atoms with Gasteiger partial charge >= 0.3 is 0 Å². The second kappa shape index (κ2) is 11.5. The van der Waals surface area contributed by atoms with Crippen molar-refractivity contribution in [2.24, 2.45) is 5.10 Å². The highest BCUT2D eigenvalue weighted by molar-refractivity contribution is 7.92. The van der Waals surface area contributed by atoms with E-state index in [1.807, 2.05) is 13.8 Å². The highest BCUT2D eigenvalue weighted by Gasteiger charge is 2.27. The van der Waals surface area contributed by atoms with Crippen LogP contribution in [0.3, 0.4) is 0 Å². The lowest BCUT2D eigenvalue weighted by Crippen LogP contribution is -2.39. The normalized spacial score (nSPS) is 11.5. The van der Waals surface area contributed by atoms with Crippen LogP contribution in [0.4, 0.5) is 11.4 Å². The van der Waals surface area contributed by atoms with Crippen molar-refractivity contribution in [3.8, 4) is 11.3 Å². The quantitative estimate of drug-likeness (QED) is 0.162. The molecular weight excluding hydrogens is 544 g/mol. The molecule has 1 heterocycles. The van der Waals surface area contributed by atoms with Gasteiger partial charge in [0.15, 0.2) is 0 Å². The average Bonchev–Trinajstić information content (AvgIpc) is 3.38. The molecule has 1 aromatic heterocycles. The van der Waals surface area contributed by atoms with Gasteiger partial charge in [0.2, 0.25) is 0 Å². The molecule has 0 saturated carbocycles. The Morgan fingerprint density at radius 1 is 1.05 bits per heavy atom. The molecule has 0 aliphatic heterocycles. The summed E-state index contributed by atoms with van der Waals surface area (Å²) in [6.45, 7) is 3.21. The molecule has 0 saturated heterocycles. The third kappa shape index (κ3) is 6.51. The number of rotatable bonds is 9. The predicted octanol–water partition coefficient (Wildman–Crippen LogP) is 5.47. The number of amides is 1. The molecule has 1 amide bonds. The van der Waals surface area contributed by atoms with E-state index < -0.39 is 27.4 Å². The first-order chi connectivity index (χ1) is 18.5. The number of nitro groups is 1. The number of furan rings is 1. The van der Waals surface area contributed by atoms with E-state index in [-0.39, 0.29) is 16.3 Å². The van der Waals surface area contributed by atoms with E-state index in [0.29, 0.717) is 22.0 Å². The number of hydrogen-bond acceptors (Lipinski definition) is 7. The summed E-state index contributed by atoms with van der Waals surface area (Å²) in [6, 6.07) is 19.9. The largest absolute Gasteiger partial charge is 0.455 e. The van der Waals surface area contributed by atoms with Crippen LogP contribution in [0.2, 0.25) is 5.02 Å². The van der Waals surface area contributed by atoms with Crippen LogP contribution in [-0.2, 0) is 14.8 Å². The first kappa shape index (κ1) is 27.6. The van der Waals surface area contributed by atoms with Gasteiger partial charge < -0.3 is 4.42 Å². The molecule has 0 bridgehead atoms. The molecule has 0 atom stereocenters. The Balaban J connectivity index is 1.51. The molecule has 4 rings (SSSR count). The van der Waals surface area contributed by atoms with E-state index in [9.17, 15) is 23.3 Å². The monoisotopic (exact) mass is 566 g/mol. The van der Waals surface area contributed by atoms with E-state index in [2.05, 4.69) is 10.5 Å². The summed E-state index contributed by atoms with van der Waals surface area (Å²) in [6.07, 6.45) is 1.24. The molecule has 0 spiro atoms. The molecule has 0 aliphatic rings. The van der Waals surface area contributed by atoms with Crippen molar-refractivity contribution in [2.75, 3.05) is 10.8 Å². The zero-order chi connectivity index (χ0) is 28.2. The van der Waals surface area contributed by atoms with Crippen LogP contribution in [-0.4, -0.2) is 32.0 Å². The Morgan fingerprint density at radius 3 is 2.49 bits per heavy atom. The molecular formula is C27H23ClN4O6S. The third-order valence-electron chi connectivity index (χ3n) is 5.82. The number of carbonyl (C=O) groups excluding carboxylic acids is 1. The van der Waals surface area contributed by atoms with E-state index >= 15 is 0 Å². The fourth-order valence-corrected chi connectivity index (χ4v) is 5.15. The van der Waals surface area contributed by atoms with Crippen molar-refractivity contribution in [3.05, 3.63) is 111 Å². The molecule has 0 aliphatic carbocycles. The lowest BCUT2D eigenvalue weighted by molar-refractivity contribution is -0.384. The number of benzene rings is 3. The molecule has 200 valence electrons. The molecule has 3 aromatic carbocycles. The van der Waals surface area contributed by atoms with Crippen molar-refractivity contribution < 1.29 is 22.6 Å². The third-order valence-corrected chi connectivity index (χ3v) is 7.86. The number of nitro benzene ring substituents is 1. The Hall–Kier alpha value is -4.48. The maximum atomic E-state index is 13.5. The lowest BCUT2D eigenvalue weighted by atomic mass is 10.1. The zero-order valence-electron chi connectivity index (χ0n) is 20.9. The predicted molar refractivity (Wildman–Crippen MR) is 148 cm³/mol. The maximum absolute atomic E-state index is 13.5. The van der Waals surface area contributed by atoms with Crippen molar-refractivity contribution in [2.45, 2.75) is 18.7 Å². The number of carbonyl (C=O) groups is 1. The molecule has 0 unspecified atom stereocenters. The summed E-state index contributed by atoms with van der Waals surface area (Å²) >= 11 is 5.92. The van der Waals surface area contributed by atoms with Gasteiger partial charge in [0, 0.05) is 22.7 Å². The smallest absolute Gasteiger partial charge is 0.270 e. The van der Waals surface area contributed by atoms with Gasteiger partial charge in [-0.25, -0.2) is 13.8 Å². The molecule has 1 N–H and O–H groups in total. The number of hydrogen-bond donors (Lipinski definition) is 1. The minimum Gasteiger partial charge on any atom is -0.455 e. The fraction of sp³-hybridized carbons (Fsp3) is 0.111. The second-order valence-electron chi connectivity index (χ2n) is 8.54. The van der Waals surface area contributed by atoms with Crippen molar-refractivity contribution in [1.29, 1.82) is 0 Å². The molecule has 12 heteroatoms. The number of hydrazone groups is 1. The second-order valence-corrected chi connectivity index (χ2v) is 10.8. The van der Waals surface area contributed by atoms with Crippen LogP contribution in [0.1, 0.15) is 16.9 Å². The van der Waals surface area contributed by atoms with Gasteiger partial charge in [-0.15, -0.1) is 0 Å². The van der Waals surface area contributed by atoms with E-state index in [1.165, 1.54) is 42.6 Å². The van der Waals surface area contributed by atoms with Gasteiger partial charge in [0.1, 0.15) is 18.1 Å². The van der Waals surface area contributed by atoms with Gasteiger partial charge in [-0.2, -0.15) is 5.10 Å². The zero-order valence-corrected chi connectivity index (χ0v) is 22.4. The van der Waals surface area contributed by atoms with Gasteiger partial charge in [-0.05, 0) is 73.5 Å². The number of anilines is 1. The summed E-state index contributed by atoms with van der Waals surface area (Å²) in [4.78, 5) is 23.3. The summed E-state index contributed by atoms with van der Waals surface area (Å²) in [5.74, 6) is -0.0365. The van der Waals surface area contributed by atoms with Gasteiger partial charge in [0.25, 0.3) is 21.6 Å². The highest BCUT2D eigenvalue weighted by Crippen LogP contribution is 2.27. The Morgan fingerprint density at radius 2 is 1.79 bits per heavy atom. The summed E-state index contributed by atoms with van der Waals surface area (Å²) in [5.41, 5.74) is 4.90. The maximum Gasteiger partial charge on any atom is 0.270 e. The minimum absolute atomic E-state index is 0.0225. The fourth-order valence-electron chi connectivity index (χ4n) is 3.61. The van der Waals surface area contributed by atoms with E-state index in [0.717, 1.165) is 15.4 Å². The first-order valence-corrected chi connectivity index (χ1v) is 13.4. The Kier molecular flexibility index (Phi) is 8.12. The number of sulfonamides is 1. The van der Waals surface area contributed by atoms with E-state index in [4.69, 9.17) is 16.0 Å². The first-order valence-electron chi connectivity index (χ1n) is 11.6. The number of nitrogens with zero attached hydrogens (tertiary/aromatic N) is 3. The van der Waals surface area contributed by atoms with Crippen LogP contribution in [0.15, 0.2) is 93.3 Å². The number of nitrogens with one attached hydrogen (secondary N) is 1. The summed E-state index contributed by atoms with van der Waals surface area (Å²) < 4.78 is 33.6. The molecule has 39 heavy (non-hydrogen) atoms. The summed E-state index contributed by atoms with van der Waals surface area (Å²) in [7, 11) is -4.11. The molecule has 4 aromatic rings. The SMILES string of the molecule is Cc1ccc(N(CC(=O)N/N=C\c2ccc(-c3cccc([N+](=O)[O-])c3)o2)S(=O)(=O)c2ccc(Cl)cc2)cc1C. The van der Waals surface area contributed by atoms with Crippen LogP contribution in [0.5, 0.6) is 0 Å². The van der Waals surface area contributed by atoms with Crippen LogP contribution < -0.4 is 9.73 Å².